The standard InChI is InChI=1S/C10H8N2O4/c11-4-5(10(12)16)1-7-8(14)2-6(13)3-9(7)15/h1-3,13-15H,(H2,12,16). The number of nitrogens with zero attached hydrogens (tertiary/aromatic N) is 1. The molecular weight excluding hydrogens is 212 g/mol. The Kier molecular flexibility index (Phi) is 3.01. The number of nitriles is 1. The van der Waals surface area contributed by atoms with Gasteiger partial charge in [0.2, 0.25) is 0 Å². The Morgan fingerprint density at radius 2 is 1.81 bits per heavy atom. The summed E-state index contributed by atoms with van der Waals surface area (Å²) in [6.45, 7) is 0. The molecule has 0 saturated carbocycles. The quantitative estimate of drug-likeness (QED) is 0.418. The van der Waals surface area contributed by atoms with Gasteiger partial charge in [-0.05, 0) is 6.08 Å². The minimum absolute atomic E-state index is 0.159. The van der Waals surface area contributed by atoms with Crippen LogP contribution in [0.2, 0.25) is 0 Å². The van der Waals surface area contributed by atoms with E-state index in [-0.39, 0.29) is 11.3 Å². The predicted molar refractivity (Wildman–Crippen MR) is 54.2 cm³/mol. The lowest BCUT2D eigenvalue weighted by atomic mass is 10.1. The van der Waals surface area contributed by atoms with Gasteiger partial charge in [-0.2, -0.15) is 5.26 Å². The summed E-state index contributed by atoms with van der Waals surface area (Å²) in [4.78, 5) is 10.7. The fourth-order valence-electron chi connectivity index (χ4n) is 1.06. The molecule has 5 N–H and O–H groups in total. The van der Waals surface area contributed by atoms with Crippen molar-refractivity contribution in [2.24, 2.45) is 5.73 Å². The van der Waals surface area contributed by atoms with Gasteiger partial charge in [-0.3, -0.25) is 4.79 Å². The molecule has 0 fully saturated rings. The molecule has 6 nitrogen and oxygen atoms in total. The topological polar surface area (TPSA) is 128 Å². The molecule has 0 aliphatic rings. The number of aromatic hydroxyl groups is 3. The lowest BCUT2D eigenvalue weighted by Gasteiger charge is -2.03. The number of amides is 1. The Hall–Kier alpha value is -2.68. The van der Waals surface area contributed by atoms with E-state index in [1.165, 1.54) is 6.07 Å². The number of rotatable bonds is 2. The van der Waals surface area contributed by atoms with Crippen molar-refractivity contribution in [3.05, 3.63) is 23.3 Å². The molecule has 1 amide bonds. The number of carbonyl (C=O) groups is 1. The zero-order chi connectivity index (χ0) is 12.3. The van der Waals surface area contributed by atoms with Crippen molar-refractivity contribution >= 4 is 12.0 Å². The van der Waals surface area contributed by atoms with Crippen LogP contribution in [0, 0.1) is 11.3 Å². The van der Waals surface area contributed by atoms with Crippen LogP contribution in [-0.2, 0) is 4.79 Å². The molecule has 1 aromatic rings. The molecule has 82 valence electrons. The second kappa shape index (κ2) is 4.23. The molecule has 0 bridgehead atoms. The molecule has 0 spiro atoms. The van der Waals surface area contributed by atoms with Crippen LogP contribution in [0.25, 0.3) is 6.08 Å². The van der Waals surface area contributed by atoms with Crippen molar-refractivity contribution < 1.29 is 20.1 Å². The summed E-state index contributed by atoms with van der Waals surface area (Å²) in [5, 5.41) is 36.3. The Labute approximate surface area is 90.5 Å². The molecule has 0 aromatic heterocycles. The van der Waals surface area contributed by atoms with Gasteiger partial charge in [0.25, 0.3) is 5.91 Å². The van der Waals surface area contributed by atoms with E-state index in [9.17, 15) is 15.0 Å². The smallest absolute Gasteiger partial charge is 0.259 e. The number of hydrogen-bond donors (Lipinski definition) is 4. The van der Waals surface area contributed by atoms with E-state index >= 15 is 0 Å². The molecule has 0 aliphatic carbocycles. The van der Waals surface area contributed by atoms with Crippen LogP contribution in [0.15, 0.2) is 17.7 Å². The highest BCUT2D eigenvalue weighted by atomic mass is 16.3. The van der Waals surface area contributed by atoms with E-state index < -0.39 is 23.0 Å². The summed E-state index contributed by atoms with van der Waals surface area (Å²) in [6.07, 6.45) is 0.937. The summed E-state index contributed by atoms with van der Waals surface area (Å²) in [5.74, 6) is -2.25. The molecular formula is C10H8N2O4. The highest BCUT2D eigenvalue weighted by Crippen LogP contribution is 2.33. The third-order valence-corrected chi connectivity index (χ3v) is 1.80. The molecule has 1 aromatic carbocycles. The fourth-order valence-corrected chi connectivity index (χ4v) is 1.06. The van der Waals surface area contributed by atoms with Gasteiger partial charge in [0.1, 0.15) is 28.9 Å². The molecule has 0 radical (unpaired) electrons. The van der Waals surface area contributed by atoms with E-state index in [0.29, 0.717) is 0 Å². The number of phenolic OH excluding ortho intramolecular Hbond substituents is 3. The van der Waals surface area contributed by atoms with Gasteiger partial charge < -0.3 is 21.1 Å². The molecule has 0 heterocycles. The zero-order valence-corrected chi connectivity index (χ0v) is 8.01. The van der Waals surface area contributed by atoms with Crippen molar-refractivity contribution in [3.8, 4) is 23.3 Å². The van der Waals surface area contributed by atoms with Crippen LogP contribution in [0.5, 0.6) is 17.2 Å². The summed E-state index contributed by atoms with van der Waals surface area (Å²) < 4.78 is 0. The van der Waals surface area contributed by atoms with E-state index in [1.807, 2.05) is 0 Å². The first-order valence-electron chi connectivity index (χ1n) is 4.12. The van der Waals surface area contributed by atoms with Crippen molar-refractivity contribution in [2.45, 2.75) is 0 Å². The number of hydrogen-bond acceptors (Lipinski definition) is 5. The van der Waals surface area contributed by atoms with Crippen LogP contribution < -0.4 is 5.73 Å². The average molecular weight is 220 g/mol. The Morgan fingerprint density at radius 3 is 2.19 bits per heavy atom. The van der Waals surface area contributed by atoms with E-state index in [2.05, 4.69) is 0 Å². The maximum absolute atomic E-state index is 10.7. The van der Waals surface area contributed by atoms with Crippen molar-refractivity contribution in [1.82, 2.24) is 0 Å². The lowest BCUT2D eigenvalue weighted by Crippen LogP contribution is -2.12. The Morgan fingerprint density at radius 1 is 1.31 bits per heavy atom. The Bertz CT molecular complexity index is 491. The molecule has 0 saturated heterocycles. The minimum Gasteiger partial charge on any atom is -0.508 e. The second-order valence-corrected chi connectivity index (χ2v) is 2.93. The first-order valence-corrected chi connectivity index (χ1v) is 4.12. The molecule has 6 heteroatoms. The minimum atomic E-state index is -0.977. The number of carbonyl (C=O) groups excluding carboxylic acids is 1. The van der Waals surface area contributed by atoms with E-state index in [4.69, 9.17) is 16.1 Å². The van der Waals surface area contributed by atoms with Crippen LogP contribution >= 0.6 is 0 Å². The van der Waals surface area contributed by atoms with Crippen molar-refractivity contribution in [1.29, 1.82) is 5.26 Å². The lowest BCUT2D eigenvalue weighted by molar-refractivity contribution is -0.114. The van der Waals surface area contributed by atoms with Gasteiger partial charge in [-0.15, -0.1) is 0 Å². The van der Waals surface area contributed by atoms with Gasteiger partial charge in [0.15, 0.2) is 0 Å². The van der Waals surface area contributed by atoms with Crippen LogP contribution in [0.4, 0.5) is 0 Å². The van der Waals surface area contributed by atoms with E-state index in [0.717, 1.165) is 18.2 Å². The Balaban J connectivity index is 3.36. The predicted octanol–water partition coefficient (Wildman–Crippen LogP) is 0.196. The SMILES string of the molecule is N#CC(=Cc1c(O)cc(O)cc1O)C(N)=O. The van der Waals surface area contributed by atoms with Crippen LogP contribution in [-0.4, -0.2) is 21.2 Å². The van der Waals surface area contributed by atoms with Gasteiger partial charge >= 0.3 is 0 Å². The molecule has 0 atom stereocenters. The highest BCUT2D eigenvalue weighted by Gasteiger charge is 2.11. The first-order chi connectivity index (χ1) is 7.45. The molecule has 16 heavy (non-hydrogen) atoms. The summed E-state index contributed by atoms with van der Waals surface area (Å²) in [5.41, 5.74) is 4.30. The fraction of sp³-hybridized carbons (Fsp3) is 0. The third-order valence-electron chi connectivity index (χ3n) is 1.80. The van der Waals surface area contributed by atoms with E-state index in [1.54, 1.807) is 0 Å². The molecule has 1 rings (SSSR count). The third kappa shape index (κ3) is 2.22. The summed E-state index contributed by atoms with van der Waals surface area (Å²) >= 11 is 0. The molecule has 0 aliphatic heterocycles. The number of nitrogens with two attached hydrogens (primary N) is 1. The largest absolute Gasteiger partial charge is 0.508 e. The first kappa shape index (κ1) is 11.4. The van der Waals surface area contributed by atoms with Crippen LogP contribution in [0.1, 0.15) is 5.56 Å². The second-order valence-electron chi connectivity index (χ2n) is 2.93. The average Bonchev–Trinajstić information content (AvgIpc) is 2.15. The highest BCUT2D eigenvalue weighted by molar-refractivity contribution is 6.01. The molecule has 0 unspecified atom stereocenters. The maximum Gasteiger partial charge on any atom is 0.259 e. The van der Waals surface area contributed by atoms with Gasteiger partial charge in [0, 0.05) is 12.1 Å². The van der Waals surface area contributed by atoms with Crippen LogP contribution in [0.3, 0.4) is 0 Å². The van der Waals surface area contributed by atoms with Crippen molar-refractivity contribution in [2.75, 3.05) is 0 Å². The van der Waals surface area contributed by atoms with Gasteiger partial charge in [-0.25, -0.2) is 0 Å². The summed E-state index contributed by atoms with van der Waals surface area (Å²) in [6, 6.07) is 3.44. The van der Waals surface area contributed by atoms with Crippen molar-refractivity contribution in [3.63, 3.8) is 0 Å². The number of primary amides is 1. The summed E-state index contributed by atoms with van der Waals surface area (Å²) in [7, 11) is 0. The van der Waals surface area contributed by atoms with Gasteiger partial charge in [0.05, 0.1) is 5.56 Å². The number of benzene rings is 1. The monoisotopic (exact) mass is 220 g/mol. The maximum atomic E-state index is 10.7. The zero-order valence-electron chi connectivity index (χ0n) is 8.01. The normalized spacial score (nSPS) is 10.8. The number of phenols is 3. The van der Waals surface area contributed by atoms with Gasteiger partial charge in [-0.1, -0.05) is 0 Å².